The van der Waals surface area contributed by atoms with Gasteiger partial charge in [-0.25, -0.2) is 4.98 Å². The lowest BCUT2D eigenvalue weighted by Crippen LogP contribution is -1.80. The highest BCUT2D eigenvalue weighted by molar-refractivity contribution is 6.35. The monoisotopic (exact) mass is 262 g/mol. The lowest BCUT2D eigenvalue weighted by Gasteiger charge is -1.98. The van der Waals surface area contributed by atoms with Gasteiger partial charge in [-0.3, -0.25) is 0 Å². The minimum atomic E-state index is 0.636. The lowest BCUT2D eigenvalue weighted by atomic mass is 10.2. The Bertz CT molecular complexity index is 689. The van der Waals surface area contributed by atoms with Crippen molar-refractivity contribution in [3.8, 4) is 11.4 Å². The molecule has 0 aliphatic carbocycles. The zero-order chi connectivity index (χ0) is 11.8. The van der Waals surface area contributed by atoms with Crippen LogP contribution in [-0.2, 0) is 0 Å². The highest BCUT2D eigenvalue weighted by Crippen LogP contribution is 2.29. The number of aromatic amines is 1. The first kappa shape index (κ1) is 10.6. The van der Waals surface area contributed by atoms with Gasteiger partial charge < -0.3 is 4.98 Å². The molecule has 0 atom stereocenters. The Morgan fingerprint density at radius 1 is 0.882 bits per heavy atom. The molecule has 3 rings (SSSR count). The molecule has 0 saturated carbocycles. The molecule has 2 nitrogen and oxygen atoms in total. The SMILES string of the molecule is Clc1ccccc1-c1nc2c(Cl)cccc2[nH]1. The number of hydrogen-bond donors (Lipinski definition) is 1. The molecule has 0 spiro atoms. The zero-order valence-corrected chi connectivity index (χ0v) is 10.3. The molecule has 84 valence electrons. The molecule has 3 aromatic rings. The van der Waals surface area contributed by atoms with Gasteiger partial charge in [0.1, 0.15) is 11.3 Å². The molecule has 0 fully saturated rings. The highest BCUT2D eigenvalue weighted by Gasteiger charge is 2.09. The molecule has 0 saturated heterocycles. The van der Waals surface area contributed by atoms with Crippen molar-refractivity contribution in [2.75, 3.05) is 0 Å². The number of para-hydroxylation sites is 1. The smallest absolute Gasteiger partial charge is 0.140 e. The number of rotatable bonds is 1. The van der Waals surface area contributed by atoms with Crippen molar-refractivity contribution < 1.29 is 0 Å². The maximum Gasteiger partial charge on any atom is 0.140 e. The van der Waals surface area contributed by atoms with E-state index in [4.69, 9.17) is 23.2 Å². The van der Waals surface area contributed by atoms with Gasteiger partial charge in [0.2, 0.25) is 0 Å². The summed E-state index contributed by atoms with van der Waals surface area (Å²) in [5, 5.41) is 1.31. The van der Waals surface area contributed by atoms with Gasteiger partial charge >= 0.3 is 0 Å². The molecule has 0 bridgehead atoms. The predicted octanol–water partition coefficient (Wildman–Crippen LogP) is 4.54. The molecular weight excluding hydrogens is 255 g/mol. The standard InChI is InChI=1S/C13H8Cl2N2/c14-9-5-2-1-4-8(9)13-16-11-7-3-6-10(15)12(11)17-13/h1-7H,(H,16,17). The summed E-state index contributed by atoms with van der Waals surface area (Å²) < 4.78 is 0. The van der Waals surface area contributed by atoms with E-state index in [1.807, 2.05) is 42.5 Å². The van der Waals surface area contributed by atoms with Crippen LogP contribution in [0.2, 0.25) is 10.0 Å². The van der Waals surface area contributed by atoms with Gasteiger partial charge in [-0.2, -0.15) is 0 Å². The van der Waals surface area contributed by atoms with Gasteiger partial charge in [0.05, 0.1) is 15.6 Å². The molecule has 0 aliphatic heterocycles. The van der Waals surface area contributed by atoms with Crippen LogP contribution in [0.15, 0.2) is 42.5 Å². The minimum absolute atomic E-state index is 0.636. The third-order valence-corrected chi connectivity index (χ3v) is 3.23. The van der Waals surface area contributed by atoms with Crippen LogP contribution in [0.5, 0.6) is 0 Å². The van der Waals surface area contributed by atoms with E-state index in [1.54, 1.807) is 0 Å². The maximum atomic E-state index is 6.13. The Labute approximate surface area is 108 Å². The summed E-state index contributed by atoms with van der Waals surface area (Å²) in [5.74, 6) is 0.735. The van der Waals surface area contributed by atoms with Gasteiger partial charge in [0, 0.05) is 5.56 Å². The van der Waals surface area contributed by atoms with E-state index in [1.165, 1.54) is 0 Å². The topological polar surface area (TPSA) is 28.7 Å². The van der Waals surface area contributed by atoms with E-state index < -0.39 is 0 Å². The second-order valence-corrected chi connectivity index (χ2v) is 4.52. The van der Waals surface area contributed by atoms with Crippen molar-refractivity contribution in [3.63, 3.8) is 0 Å². The lowest BCUT2D eigenvalue weighted by molar-refractivity contribution is 1.34. The van der Waals surface area contributed by atoms with Gasteiger partial charge in [-0.15, -0.1) is 0 Å². The van der Waals surface area contributed by atoms with Crippen molar-refractivity contribution in [1.29, 1.82) is 0 Å². The van der Waals surface area contributed by atoms with E-state index in [0.717, 1.165) is 22.4 Å². The van der Waals surface area contributed by atoms with Crippen molar-refractivity contribution in [1.82, 2.24) is 9.97 Å². The fourth-order valence-corrected chi connectivity index (χ4v) is 2.22. The van der Waals surface area contributed by atoms with Gasteiger partial charge in [0.15, 0.2) is 0 Å². The summed E-state index contributed by atoms with van der Waals surface area (Å²) in [6.07, 6.45) is 0. The van der Waals surface area contributed by atoms with Gasteiger partial charge in [-0.05, 0) is 24.3 Å². The molecule has 2 aromatic carbocycles. The minimum Gasteiger partial charge on any atom is -0.338 e. The molecule has 0 unspecified atom stereocenters. The average molecular weight is 263 g/mol. The zero-order valence-electron chi connectivity index (χ0n) is 8.74. The Kier molecular flexibility index (Phi) is 2.54. The number of imidazole rings is 1. The van der Waals surface area contributed by atoms with Crippen LogP contribution in [-0.4, -0.2) is 9.97 Å². The molecule has 1 N–H and O–H groups in total. The van der Waals surface area contributed by atoms with Crippen molar-refractivity contribution in [3.05, 3.63) is 52.5 Å². The first-order valence-electron chi connectivity index (χ1n) is 5.15. The van der Waals surface area contributed by atoms with Crippen LogP contribution in [0.25, 0.3) is 22.4 Å². The number of hydrogen-bond acceptors (Lipinski definition) is 1. The number of benzene rings is 2. The second-order valence-electron chi connectivity index (χ2n) is 3.70. The van der Waals surface area contributed by atoms with Crippen molar-refractivity contribution in [2.24, 2.45) is 0 Å². The average Bonchev–Trinajstić information content (AvgIpc) is 2.75. The number of H-pyrrole nitrogens is 1. The first-order chi connectivity index (χ1) is 8.25. The predicted molar refractivity (Wildman–Crippen MR) is 71.5 cm³/mol. The third-order valence-electron chi connectivity index (χ3n) is 2.59. The number of aromatic nitrogens is 2. The molecule has 1 aromatic heterocycles. The Morgan fingerprint density at radius 2 is 1.65 bits per heavy atom. The number of halogens is 2. The Morgan fingerprint density at radius 3 is 2.41 bits per heavy atom. The normalized spacial score (nSPS) is 10.9. The fraction of sp³-hybridized carbons (Fsp3) is 0. The molecule has 0 aliphatic rings. The number of nitrogens with one attached hydrogen (secondary N) is 1. The van der Waals surface area contributed by atoms with Crippen LogP contribution in [0.4, 0.5) is 0 Å². The van der Waals surface area contributed by atoms with Crippen LogP contribution in [0.1, 0.15) is 0 Å². The summed E-state index contributed by atoms with van der Waals surface area (Å²) in [6, 6.07) is 13.2. The van der Waals surface area contributed by atoms with E-state index in [0.29, 0.717) is 10.0 Å². The fourth-order valence-electron chi connectivity index (χ4n) is 1.78. The molecule has 4 heteroatoms. The Hall–Kier alpha value is -1.51. The van der Waals surface area contributed by atoms with E-state index in [2.05, 4.69) is 9.97 Å². The van der Waals surface area contributed by atoms with E-state index >= 15 is 0 Å². The number of fused-ring (bicyclic) bond motifs is 1. The van der Waals surface area contributed by atoms with Crippen LogP contribution >= 0.6 is 23.2 Å². The summed E-state index contributed by atoms with van der Waals surface area (Å²) in [7, 11) is 0. The maximum absolute atomic E-state index is 6.13. The molecule has 0 radical (unpaired) electrons. The van der Waals surface area contributed by atoms with Crippen molar-refractivity contribution in [2.45, 2.75) is 0 Å². The largest absolute Gasteiger partial charge is 0.338 e. The summed E-state index contributed by atoms with van der Waals surface area (Å²) in [4.78, 5) is 7.68. The van der Waals surface area contributed by atoms with Crippen LogP contribution in [0.3, 0.4) is 0 Å². The van der Waals surface area contributed by atoms with Crippen LogP contribution < -0.4 is 0 Å². The van der Waals surface area contributed by atoms with Crippen molar-refractivity contribution >= 4 is 34.2 Å². The summed E-state index contributed by atoms with van der Waals surface area (Å²) in [6.45, 7) is 0. The van der Waals surface area contributed by atoms with Gasteiger partial charge in [0.25, 0.3) is 0 Å². The molecule has 0 amide bonds. The van der Waals surface area contributed by atoms with Crippen LogP contribution in [0, 0.1) is 0 Å². The van der Waals surface area contributed by atoms with Gasteiger partial charge in [-0.1, -0.05) is 41.4 Å². The molecular formula is C13H8Cl2N2. The van der Waals surface area contributed by atoms with E-state index in [-0.39, 0.29) is 0 Å². The quantitative estimate of drug-likeness (QED) is 0.686. The Balaban J connectivity index is 2.26. The molecule has 1 heterocycles. The molecule has 17 heavy (non-hydrogen) atoms. The first-order valence-corrected chi connectivity index (χ1v) is 5.90. The second kappa shape index (κ2) is 4.06. The third kappa shape index (κ3) is 1.79. The highest BCUT2D eigenvalue weighted by atomic mass is 35.5. The van der Waals surface area contributed by atoms with E-state index in [9.17, 15) is 0 Å². The summed E-state index contributed by atoms with van der Waals surface area (Å²) in [5.41, 5.74) is 2.55. The number of nitrogens with zero attached hydrogens (tertiary/aromatic N) is 1. The summed E-state index contributed by atoms with van der Waals surface area (Å²) >= 11 is 12.2.